The number of urea groups is 1. The van der Waals surface area contributed by atoms with Gasteiger partial charge in [0, 0.05) is 38.4 Å². The summed E-state index contributed by atoms with van der Waals surface area (Å²) in [5.41, 5.74) is 1.69. The highest BCUT2D eigenvalue weighted by atomic mass is 79.9. The number of piperidine rings is 1. The van der Waals surface area contributed by atoms with Crippen molar-refractivity contribution in [2.24, 2.45) is 0 Å². The lowest BCUT2D eigenvalue weighted by Gasteiger charge is -2.34. The standard InChI is InChI=1S/C23H28BrFN4O2/c24-21-14-17(4-5-22(21)31-20-6-8-26-9-7-20)16-28-10-12-29(13-11-28)23(30)27-19-3-1-2-18(25)15-19/h1-5,14-15,20,26H,6-13,16H2,(H,27,30). The summed E-state index contributed by atoms with van der Waals surface area (Å²) in [5, 5.41) is 6.12. The summed E-state index contributed by atoms with van der Waals surface area (Å²) in [6.45, 7) is 5.70. The summed E-state index contributed by atoms with van der Waals surface area (Å²) in [7, 11) is 0. The summed E-state index contributed by atoms with van der Waals surface area (Å²) in [6, 6.07) is 12.1. The van der Waals surface area contributed by atoms with E-state index in [0.29, 0.717) is 18.8 Å². The maximum atomic E-state index is 13.3. The van der Waals surface area contributed by atoms with Crippen molar-refractivity contribution in [3.8, 4) is 5.75 Å². The molecule has 2 amide bonds. The van der Waals surface area contributed by atoms with Crippen LogP contribution >= 0.6 is 15.9 Å². The van der Waals surface area contributed by atoms with E-state index < -0.39 is 0 Å². The molecule has 8 heteroatoms. The van der Waals surface area contributed by atoms with Crippen LogP contribution < -0.4 is 15.4 Å². The fourth-order valence-electron chi connectivity index (χ4n) is 3.97. The molecule has 31 heavy (non-hydrogen) atoms. The highest BCUT2D eigenvalue weighted by molar-refractivity contribution is 9.10. The van der Waals surface area contributed by atoms with Gasteiger partial charge >= 0.3 is 6.03 Å². The fraction of sp³-hybridized carbons (Fsp3) is 0.435. The zero-order valence-electron chi connectivity index (χ0n) is 17.4. The number of piperazine rings is 1. The molecule has 0 aromatic heterocycles. The number of hydrogen-bond donors (Lipinski definition) is 2. The van der Waals surface area contributed by atoms with E-state index in [0.717, 1.165) is 55.8 Å². The minimum atomic E-state index is -0.360. The van der Waals surface area contributed by atoms with Crippen LogP contribution in [-0.2, 0) is 6.54 Å². The minimum absolute atomic E-state index is 0.188. The van der Waals surface area contributed by atoms with Crippen LogP contribution in [0.1, 0.15) is 18.4 Å². The lowest BCUT2D eigenvalue weighted by molar-refractivity contribution is 0.142. The van der Waals surface area contributed by atoms with Crippen LogP contribution in [0.2, 0.25) is 0 Å². The van der Waals surface area contributed by atoms with E-state index in [2.05, 4.69) is 43.6 Å². The van der Waals surface area contributed by atoms with Gasteiger partial charge in [0.05, 0.1) is 4.47 Å². The van der Waals surface area contributed by atoms with E-state index in [9.17, 15) is 9.18 Å². The van der Waals surface area contributed by atoms with E-state index in [-0.39, 0.29) is 18.0 Å². The first-order chi connectivity index (χ1) is 15.1. The van der Waals surface area contributed by atoms with E-state index in [1.54, 1.807) is 17.0 Å². The summed E-state index contributed by atoms with van der Waals surface area (Å²) in [5.74, 6) is 0.537. The smallest absolute Gasteiger partial charge is 0.321 e. The number of nitrogens with one attached hydrogen (secondary N) is 2. The van der Waals surface area contributed by atoms with Crippen LogP contribution in [0, 0.1) is 5.82 Å². The number of nitrogens with zero attached hydrogens (tertiary/aromatic N) is 2. The van der Waals surface area contributed by atoms with Crippen molar-refractivity contribution < 1.29 is 13.9 Å². The van der Waals surface area contributed by atoms with Gasteiger partial charge in [0.2, 0.25) is 0 Å². The van der Waals surface area contributed by atoms with Crippen LogP contribution in [-0.4, -0.2) is 61.2 Å². The molecular weight excluding hydrogens is 463 g/mol. The van der Waals surface area contributed by atoms with Gasteiger partial charge in [0.1, 0.15) is 17.7 Å². The van der Waals surface area contributed by atoms with Gasteiger partial charge in [-0.05, 0) is 77.8 Å². The van der Waals surface area contributed by atoms with Gasteiger partial charge in [-0.2, -0.15) is 0 Å². The monoisotopic (exact) mass is 490 g/mol. The van der Waals surface area contributed by atoms with Gasteiger partial charge in [0.25, 0.3) is 0 Å². The number of ether oxygens (including phenoxy) is 1. The molecule has 0 aliphatic carbocycles. The number of anilines is 1. The van der Waals surface area contributed by atoms with Crippen molar-refractivity contribution >= 4 is 27.6 Å². The van der Waals surface area contributed by atoms with Gasteiger partial charge in [-0.25, -0.2) is 9.18 Å². The van der Waals surface area contributed by atoms with Crippen LogP contribution in [0.25, 0.3) is 0 Å². The van der Waals surface area contributed by atoms with E-state index in [1.165, 1.54) is 17.7 Å². The van der Waals surface area contributed by atoms with Crippen molar-refractivity contribution in [1.29, 1.82) is 0 Å². The second-order valence-corrected chi connectivity index (χ2v) is 8.89. The molecule has 2 N–H and O–H groups in total. The molecule has 0 spiro atoms. The van der Waals surface area contributed by atoms with Gasteiger partial charge in [-0.3, -0.25) is 4.90 Å². The van der Waals surface area contributed by atoms with Gasteiger partial charge in [-0.15, -0.1) is 0 Å². The molecule has 0 radical (unpaired) electrons. The van der Waals surface area contributed by atoms with Crippen LogP contribution in [0.3, 0.4) is 0 Å². The molecule has 0 unspecified atom stereocenters. The van der Waals surface area contributed by atoms with Gasteiger partial charge < -0.3 is 20.3 Å². The maximum Gasteiger partial charge on any atom is 0.321 e. The van der Waals surface area contributed by atoms with Crippen LogP contribution in [0.4, 0.5) is 14.9 Å². The quantitative estimate of drug-likeness (QED) is 0.663. The highest BCUT2D eigenvalue weighted by Gasteiger charge is 2.22. The third-order valence-corrected chi connectivity index (χ3v) is 6.34. The number of carbonyl (C=O) groups is 1. The van der Waals surface area contributed by atoms with Crippen LogP contribution in [0.5, 0.6) is 5.75 Å². The highest BCUT2D eigenvalue weighted by Crippen LogP contribution is 2.29. The Hall–Kier alpha value is -2.16. The predicted molar refractivity (Wildman–Crippen MR) is 123 cm³/mol. The average Bonchev–Trinajstić information content (AvgIpc) is 2.77. The molecule has 2 aliphatic rings. The summed E-state index contributed by atoms with van der Waals surface area (Å²) in [4.78, 5) is 16.5. The topological polar surface area (TPSA) is 56.8 Å². The molecule has 0 bridgehead atoms. The molecule has 2 aromatic rings. The predicted octanol–water partition coefficient (Wildman–Crippen LogP) is 4.07. The molecule has 0 saturated carbocycles. The Bertz CT molecular complexity index is 899. The van der Waals surface area contributed by atoms with E-state index >= 15 is 0 Å². The van der Waals surface area contributed by atoms with E-state index in [1.807, 2.05) is 6.07 Å². The lowest BCUT2D eigenvalue weighted by Crippen LogP contribution is -2.49. The summed E-state index contributed by atoms with van der Waals surface area (Å²) >= 11 is 3.66. The number of hydrogen-bond acceptors (Lipinski definition) is 4. The molecule has 0 atom stereocenters. The van der Waals surface area contributed by atoms with Gasteiger partial charge in [-0.1, -0.05) is 12.1 Å². The maximum absolute atomic E-state index is 13.3. The van der Waals surface area contributed by atoms with Crippen molar-refractivity contribution in [2.75, 3.05) is 44.6 Å². The zero-order chi connectivity index (χ0) is 21.6. The SMILES string of the molecule is O=C(Nc1cccc(F)c1)N1CCN(Cc2ccc(OC3CCNCC3)c(Br)c2)CC1. The summed E-state index contributed by atoms with van der Waals surface area (Å²) < 4.78 is 20.4. The molecule has 2 heterocycles. The third kappa shape index (κ3) is 6.18. The van der Waals surface area contributed by atoms with Crippen molar-refractivity contribution in [3.05, 3.63) is 58.3 Å². The second kappa shape index (κ2) is 10.4. The Balaban J connectivity index is 1.25. The Morgan fingerprint density at radius 3 is 2.61 bits per heavy atom. The number of halogens is 2. The number of rotatable bonds is 5. The molecule has 166 valence electrons. The minimum Gasteiger partial charge on any atom is -0.489 e. The number of amides is 2. The third-order valence-electron chi connectivity index (χ3n) is 5.72. The number of carbonyl (C=O) groups excluding carboxylic acids is 1. The molecule has 2 fully saturated rings. The largest absolute Gasteiger partial charge is 0.489 e. The molecule has 2 saturated heterocycles. The van der Waals surface area contributed by atoms with Crippen LogP contribution in [0.15, 0.2) is 46.9 Å². The molecule has 6 nitrogen and oxygen atoms in total. The zero-order valence-corrected chi connectivity index (χ0v) is 19.0. The Kier molecular flexibility index (Phi) is 7.42. The Labute approximate surface area is 190 Å². The van der Waals surface area contributed by atoms with Gasteiger partial charge in [0.15, 0.2) is 0 Å². The first-order valence-corrected chi connectivity index (χ1v) is 11.6. The first-order valence-electron chi connectivity index (χ1n) is 10.8. The number of benzene rings is 2. The second-order valence-electron chi connectivity index (χ2n) is 8.04. The summed E-state index contributed by atoms with van der Waals surface area (Å²) in [6.07, 6.45) is 2.34. The van der Waals surface area contributed by atoms with Crippen molar-refractivity contribution in [2.45, 2.75) is 25.5 Å². The molecular formula is C23H28BrFN4O2. The average molecular weight is 491 g/mol. The lowest BCUT2D eigenvalue weighted by atomic mass is 10.1. The molecule has 4 rings (SSSR count). The molecule has 2 aromatic carbocycles. The first kappa shape index (κ1) is 22.0. The van der Waals surface area contributed by atoms with Crippen molar-refractivity contribution in [1.82, 2.24) is 15.1 Å². The fourth-order valence-corrected chi connectivity index (χ4v) is 4.49. The normalized spacial score (nSPS) is 18.1. The van der Waals surface area contributed by atoms with Crippen molar-refractivity contribution in [3.63, 3.8) is 0 Å². The van der Waals surface area contributed by atoms with E-state index in [4.69, 9.17) is 4.74 Å². The molecule has 2 aliphatic heterocycles. The Morgan fingerprint density at radius 2 is 1.90 bits per heavy atom. The Morgan fingerprint density at radius 1 is 1.13 bits per heavy atom.